The minimum absolute atomic E-state index is 0.525. The predicted molar refractivity (Wildman–Crippen MR) is 64.6 cm³/mol. The molecule has 0 radical (unpaired) electrons. The molecule has 1 atom stereocenters. The second kappa shape index (κ2) is 6.02. The van der Waals surface area contributed by atoms with E-state index in [9.17, 15) is 0 Å². The number of hydrogen-bond donors (Lipinski definition) is 1. The number of nitrogens with zero attached hydrogens (tertiary/aromatic N) is 1. The molecule has 1 rings (SSSR count). The van der Waals surface area contributed by atoms with Crippen molar-refractivity contribution in [3.8, 4) is 0 Å². The van der Waals surface area contributed by atoms with Gasteiger partial charge in [-0.1, -0.05) is 35.7 Å². The third-order valence-electron chi connectivity index (χ3n) is 2.14. The maximum absolute atomic E-state index is 5.68. The van der Waals surface area contributed by atoms with Crippen molar-refractivity contribution in [3.63, 3.8) is 0 Å². The molecule has 0 aromatic carbocycles. The SMILES string of the molecule is CCCCC(Br)Cc1cc(N)ccn1. The predicted octanol–water partition coefficient (Wildman–Crippen LogP) is 3.16. The molecule has 0 saturated carbocycles. The molecular formula is C11H17BrN2. The third-order valence-corrected chi connectivity index (χ3v) is 2.92. The average Bonchev–Trinajstić information content (AvgIpc) is 2.15. The minimum atomic E-state index is 0.525. The Bertz CT molecular complexity index is 276. The van der Waals surface area contributed by atoms with Gasteiger partial charge in [0.1, 0.15) is 0 Å². The molecule has 2 N–H and O–H groups in total. The average molecular weight is 257 g/mol. The van der Waals surface area contributed by atoms with E-state index in [-0.39, 0.29) is 0 Å². The van der Waals surface area contributed by atoms with Gasteiger partial charge < -0.3 is 5.73 Å². The molecule has 2 nitrogen and oxygen atoms in total. The Hall–Kier alpha value is -0.570. The lowest BCUT2D eigenvalue weighted by Gasteiger charge is -2.08. The lowest BCUT2D eigenvalue weighted by atomic mass is 10.1. The lowest BCUT2D eigenvalue weighted by molar-refractivity contribution is 0.682. The van der Waals surface area contributed by atoms with Gasteiger partial charge in [0.05, 0.1) is 0 Å². The van der Waals surface area contributed by atoms with E-state index in [0.717, 1.165) is 17.8 Å². The van der Waals surface area contributed by atoms with Gasteiger partial charge in [-0.3, -0.25) is 4.98 Å². The normalized spacial score (nSPS) is 12.7. The van der Waals surface area contributed by atoms with Gasteiger partial charge in [0.2, 0.25) is 0 Å². The molecular weight excluding hydrogens is 240 g/mol. The number of unbranched alkanes of at least 4 members (excludes halogenated alkanes) is 1. The van der Waals surface area contributed by atoms with Gasteiger partial charge in [-0.2, -0.15) is 0 Å². The maximum Gasteiger partial charge on any atom is 0.0435 e. The van der Waals surface area contributed by atoms with Crippen LogP contribution in [-0.4, -0.2) is 9.81 Å². The highest BCUT2D eigenvalue weighted by Crippen LogP contribution is 2.15. The first-order valence-electron chi connectivity index (χ1n) is 5.07. The second-order valence-electron chi connectivity index (χ2n) is 3.52. The molecule has 0 fully saturated rings. The summed E-state index contributed by atoms with van der Waals surface area (Å²) >= 11 is 3.66. The number of anilines is 1. The topological polar surface area (TPSA) is 38.9 Å². The molecule has 0 aliphatic carbocycles. The summed E-state index contributed by atoms with van der Waals surface area (Å²) in [7, 11) is 0. The molecule has 1 heterocycles. The summed E-state index contributed by atoms with van der Waals surface area (Å²) in [5.41, 5.74) is 7.55. The van der Waals surface area contributed by atoms with Crippen LogP contribution in [0.25, 0.3) is 0 Å². The highest BCUT2D eigenvalue weighted by molar-refractivity contribution is 9.09. The number of nitrogen functional groups attached to an aromatic ring is 1. The van der Waals surface area contributed by atoms with Crippen LogP contribution < -0.4 is 5.73 Å². The number of rotatable bonds is 5. The first-order valence-corrected chi connectivity index (χ1v) is 5.98. The fourth-order valence-corrected chi connectivity index (χ4v) is 2.02. The molecule has 0 aliphatic heterocycles. The Kier molecular flexibility index (Phi) is 4.94. The Labute approximate surface area is 94.0 Å². The van der Waals surface area contributed by atoms with Crippen molar-refractivity contribution in [3.05, 3.63) is 24.0 Å². The molecule has 0 saturated heterocycles. The maximum atomic E-state index is 5.68. The zero-order valence-corrected chi connectivity index (χ0v) is 10.1. The number of alkyl halides is 1. The standard InChI is InChI=1S/C11H17BrN2/c1-2-3-4-9(12)7-11-8-10(13)5-6-14-11/h5-6,8-9H,2-4,7H2,1H3,(H2,13,14). The minimum Gasteiger partial charge on any atom is -0.399 e. The van der Waals surface area contributed by atoms with E-state index in [0.29, 0.717) is 4.83 Å². The zero-order chi connectivity index (χ0) is 10.4. The molecule has 0 aliphatic rings. The third kappa shape index (κ3) is 4.09. The van der Waals surface area contributed by atoms with Crippen LogP contribution in [0.5, 0.6) is 0 Å². The molecule has 0 amide bonds. The van der Waals surface area contributed by atoms with Crippen LogP contribution in [0, 0.1) is 0 Å². The molecule has 78 valence electrons. The molecule has 3 heteroatoms. The Morgan fingerprint density at radius 2 is 2.36 bits per heavy atom. The van der Waals surface area contributed by atoms with Crippen molar-refractivity contribution < 1.29 is 0 Å². The van der Waals surface area contributed by atoms with Crippen LogP contribution in [0.1, 0.15) is 31.9 Å². The molecule has 0 spiro atoms. The van der Waals surface area contributed by atoms with E-state index in [1.807, 2.05) is 12.1 Å². The molecule has 14 heavy (non-hydrogen) atoms. The summed E-state index contributed by atoms with van der Waals surface area (Å²) in [5.74, 6) is 0. The van der Waals surface area contributed by atoms with E-state index in [2.05, 4.69) is 27.8 Å². The van der Waals surface area contributed by atoms with Crippen molar-refractivity contribution >= 4 is 21.6 Å². The number of pyridine rings is 1. The number of aromatic nitrogens is 1. The van der Waals surface area contributed by atoms with Crippen LogP contribution in [0.2, 0.25) is 0 Å². The lowest BCUT2D eigenvalue weighted by Crippen LogP contribution is -2.04. The van der Waals surface area contributed by atoms with Gasteiger partial charge in [-0.15, -0.1) is 0 Å². The fourth-order valence-electron chi connectivity index (χ4n) is 1.36. The van der Waals surface area contributed by atoms with Crippen molar-refractivity contribution in [2.75, 3.05) is 5.73 Å². The Morgan fingerprint density at radius 1 is 1.57 bits per heavy atom. The van der Waals surface area contributed by atoms with E-state index < -0.39 is 0 Å². The number of hydrogen-bond acceptors (Lipinski definition) is 2. The van der Waals surface area contributed by atoms with Gasteiger partial charge in [-0.25, -0.2) is 0 Å². The summed E-state index contributed by atoms with van der Waals surface area (Å²) in [6, 6.07) is 3.76. The first kappa shape index (κ1) is 11.5. The van der Waals surface area contributed by atoms with Crippen LogP contribution in [0.4, 0.5) is 5.69 Å². The monoisotopic (exact) mass is 256 g/mol. The smallest absolute Gasteiger partial charge is 0.0435 e. The van der Waals surface area contributed by atoms with Crippen LogP contribution >= 0.6 is 15.9 Å². The molecule has 1 aromatic rings. The summed E-state index contributed by atoms with van der Waals surface area (Å²) in [6.45, 7) is 2.21. The van der Waals surface area contributed by atoms with E-state index >= 15 is 0 Å². The molecule has 1 aromatic heterocycles. The van der Waals surface area contributed by atoms with E-state index in [4.69, 9.17) is 5.73 Å². The van der Waals surface area contributed by atoms with Crippen LogP contribution in [0.15, 0.2) is 18.3 Å². The van der Waals surface area contributed by atoms with E-state index in [1.54, 1.807) is 6.20 Å². The van der Waals surface area contributed by atoms with Crippen LogP contribution in [-0.2, 0) is 6.42 Å². The van der Waals surface area contributed by atoms with Gasteiger partial charge in [0, 0.05) is 28.8 Å². The number of nitrogens with two attached hydrogens (primary N) is 1. The Balaban J connectivity index is 2.43. The highest BCUT2D eigenvalue weighted by atomic mass is 79.9. The van der Waals surface area contributed by atoms with Crippen LogP contribution in [0.3, 0.4) is 0 Å². The molecule has 1 unspecified atom stereocenters. The van der Waals surface area contributed by atoms with Crippen molar-refractivity contribution in [1.82, 2.24) is 4.98 Å². The summed E-state index contributed by atoms with van der Waals surface area (Å²) in [5, 5.41) is 0. The quantitative estimate of drug-likeness (QED) is 0.823. The fraction of sp³-hybridized carbons (Fsp3) is 0.545. The number of halogens is 1. The van der Waals surface area contributed by atoms with Gasteiger partial charge in [0.25, 0.3) is 0 Å². The van der Waals surface area contributed by atoms with Gasteiger partial charge >= 0.3 is 0 Å². The Morgan fingerprint density at radius 3 is 3.00 bits per heavy atom. The van der Waals surface area contributed by atoms with Crippen molar-refractivity contribution in [2.24, 2.45) is 0 Å². The highest BCUT2D eigenvalue weighted by Gasteiger charge is 2.05. The van der Waals surface area contributed by atoms with Gasteiger partial charge in [0.15, 0.2) is 0 Å². The summed E-state index contributed by atoms with van der Waals surface area (Å²) < 4.78 is 0. The summed E-state index contributed by atoms with van der Waals surface area (Å²) in [6.07, 6.45) is 6.44. The van der Waals surface area contributed by atoms with E-state index in [1.165, 1.54) is 19.3 Å². The largest absolute Gasteiger partial charge is 0.399 e. The molecule has 0 bridgehead atoms. The summed E-state index contributed by atoms with van der Waals surface area (Å²) in [4.78, 5) is 4.80. The second-order valence-corrected chi connectivity index (χ2v) is 4.82. The van der Waals surface area contributed by atoms with Crippen molar-refractivity contribution in [1.29, 1.82) is 0 Å². The van der Waals surface area contributed by atoms with Crippen molar-refractivity contribution in [2.45, 2.75) is 37.4 Å². The first-order chi connectivity index (χ1) is 6.72. The zero-order valence-electron chi connectivity index (χ0n) is 8.54. The van der Waals surface area contributed by atoms with Gasteiger partial charge in [-0.05, 0) is 18.6 Å².